The van der Waals surface area contributed by atoms with Crippen LogP contribution in [0.4, 0.5) is 0 Å². The Hall–Kier alpha value is -1.55. The summed E-state index contributed by atoms with van der Waals surface area (Å²) in [6.07, 6.45) is 2.00. The Balaban J connectivity index is 2.07. The molecule has 0 bridgehead atoms. The summed E-state index contributed by atoms with van der Waals surface area (Å²) in [7, 11) is 1.71. The van der Waals surface area contributed by atoms with Crippen LogP contribution in [-0.2, 0) is 4.79 Å². The number of nitrogens with one attached hydrogen (secondary N) is 1. The Morgan fingerprint density at radius 1 is 1.30 bits per heavy atom. The number of hydrogen-bond donors (Lipinski definition) is 1. The number of para-hydroxylation sites is 1. The highest BCUT2D eigenvalue weighted by Crippen LogP contribution is 2.51. The largest absolute Gasteiger partial charge is 0.496 e. The Labute approximate surface area is 139 Å². The highest BCUT2D eigenvalue weighted by molar-refractivity contribution is 5.88. The van der Waals surface area contributed by atoms with Gasteiger partial charge in [0, 0.05) is 30.1 Å². The van der Waals surface area contributed by atoms with Gasteiger partial charge in [-0.25, -0.2) is 0 Å². The van der Waals surface area contributed by atoms with E-state index in [1.54, 1.807) is 7.11 Å². The van der Waals surface area contributed by atoms with E-state index in [-0.39, 0.29) is 16.9 Å². The number of methoxy groups -OCH3 is 1. The molecule has 126 valence electrons. The maximum Gasteiger partial charge on any atom is 0.231 e. The first-order valence-corrected chi connectivity index (χ1v) is 8.56. The topological polar surface area (TPSA) is 41.6 Å². The summed E-state index contributed by atoms with van der Waals surface area (Å²) in [6.45, 7) is 8.91. The molecule has 0 unspecified atom stereocenters. The zero-order chi connectivity index (χ0) is 16.7. The lowest BCUT2D eigenvalue weighted by molar-refractivity contribution is -0.141. The van der Waals surface area contributed by atoms with E-state index in [9.17, 15) is 4.79 Å². The quantitative estimate of drug-likeness (QED) is 0.912. The lowest BCUT2D eigenvalue weighted by Crippen LogP contribution is -2.50. The molecule has 1 N–H and O–H groups in total. The summed E-state index contributed by atoms with van der Waals surface area (Å²) in [5.41, 5.74) is 0.678. The van der Waals surface area contributed by atoms with Crippen LogP contribution in [0.25, 0.3) is 0 Å². The van der Waals surface area contributed by atoms with Gasteiger partial charge >= 0.3 is 0 Å². The molecule has 0 radical (unpaired) electrons. The number of carbonyl (C=O) groups excluding carboxylic acids is 1. The number of ether oxygens (including phenoxy) is 1. The van der Waals surface area contributed by atoms with E-state index in [1.807, 2.05) is 18.2 Å². The third-order valence-electron chi connectivity index (χ3n) is 5.44. The molecular weight excluding hydrogens is 288 g/mol. The molecule has 23 heavy (non-hydrogen) atoms. The minimum absolute atomic E-state index is 0.154. The van der Waals surface area contributed by atoms with E-state index in [2.05, 4.69) is 37.1 Å². The predicted molar refractivity (Wildman–Crippen MR) is 91.7 cm³/mol. The van der Waals surface area contributed by atoms with Crippen molar-refractivity contribution in [2.75, 3.05) is 26.7 Å². The maximum absolute atomic E-state index is 13.4. The summed E-state index contributed by atoms with van der Waals surface area (Å²) in [4.78, 5) is 15.4. The van der Waals surface area contributed by atoms with E-state index in [0.717, 1.165) is 38.2 Å². The minimum atomic E-state index is -0.333. The molecule has 4 heteroatoms. The van der Waals surface area contributed by atoms with Gasteiger partial charge in [-0.15, -0.1) is 0 Å². The Bertz CT molecular complexity index is 585. The summed E-state index contributed by atoms with van der Waals surface area (Å²) < 4.78 is 5.60. The number of piperidine rings is 1. The molecule has 2 heterocycles. The monoisotopic (exact) mass is 316 g/mol. The first-order valence-electron chi connectivity index (χ1n) is 8.56. The fourth-order valence-corrected chi connectivity index (χ4v) is 4.20. The van der Waals surface area contributed by atoms with Gasteiger partial charge in [-0.2, -0.15) is 0 Å². The zero-order valence-corrected chi connectivity index (χ0v) is 14.7. The molecule has 0 aromatic heterocycles. The summed E-state index contributed by atoms with van der Waals surface area (Å²) >= 11 is 0. The van der Waals surface area contributed by atoms with Crippen LogP contribution in [-0.4, -0.2) is 43.1 Å². The van der Waals surface area contributed by atoms with Gasteiger partial charge in [-0.05, 0) is 46.2 Å². The van der Waals surface area contributed by atoms with Crippen molar-refractivity contribution in [1.82, 2.24) is 10.2 Å². The first kappa shape index (κ1) is 16.3. The third kappa shape index (κ3) is 2.63. The average molecular weight is 316 g/mol. The first-order chi connectivity index (χ1) is 10.9. The van der Waals surface area contributed by atoms with E-state index < -0.39 is 0 Å². The van der Waals surface area contributed by atoms with Crippen LogP contribution in [0.5, 0.6) is 5.75 Å². The maximum atomic E-state index is 13.4. The molecule has 2 atom stereocenters. The van der Waals surface area contributed by atoms with E-state index >= 15 is 0 Å². The molecular formula is C19H28N2O2. The van der Waals surface area contributed by atoms with Crippen molar-refractivity contribution in [2.24, 2.45) is 5.41 Å². The summed E-state index contributed by atoms with van der Waals surface area (Å²) in [6, 6.07) is 8.17. The molecule has 2 aliphatic heterocycles. The van der Waals surface area contributed by atoms with E-state index in [1.165, 1.54) is 5.56 Å². The predicted octanol–water partition coefficient (Wildman–Crippen LogP) is 2.79. The van der Waals surface area contributed by atoms with Gasteiger partial charge in [0.1, 0.15) is 5.75 Å². The van der Waals surface area contributed by atoms with Gasteiger partial charge in [0.25, 0.3) is 0 Å². The van der Waals surface area contributed by atoms with Crippen molar-refractivity contribution in [3.63, 3.8) is 0 Å². The molecule has 2 aliphatic rings. The standard InChI is InChI=1S/C19H28N2O2/c1-18(2,3)21-12-15(14-8-5-6-9-16(14)23-4)19(17(21)22)10-7-11-20-13-19/h5-6,8-9,15,20H,7,10-13H2,1-4H3/t15-,19-/m0/s1. The van der Waals surface area contributed by atoms with Gasteiger partial charge in [0.05, 0.1) is 12.5 Å². The highest BCUT2D eigenvalue weighted by atomic mass is 16.5. The molecule has 1 spiro atoms. The average Bonchev–Trinajstić information content (AvgIpc) is 2.81. The van der Waals surface area contributed by atoms with Crippen LogP contribution in [0.1, 0.15) is 45.1 Å². The number of likely N-dealkylation sites (tertiary alicyclic amines) is 1. The van der Waals surface area contributed by atoms with Crippen molar-refractivity contribution in [2.45, 2.75) is 45.1 Å². The summed E-state index contributed by atoms with van der Waals surface area (Å²) in [5.74, 6) is 1.37. The Kier molecular flexibility index (Phi) is 4.13. The molecule has 3 rings (SSSR count). The fraction of sp³-hybridized carbons (Fsp3) is 0.632. The van der Waals surface area contributed by atoms with Crippen LogP contribution < -0.4 is 10.1 Å². The summed E-state index contributed by atoms with van der Waals surface area (Å²) in [5, 5.41) is 3.47. The number of benzene rings is 1. The van der Waals surface area contributed by atoms with Gasteiger partial charge in [0.2, 0.25) is 5.91 Å². The molecule has 0 saturated carbocycles. The number of carbonyl (C=O) groups is 1. The van der Waals surface area contributed by atoms with Gasteiger partial charge in [-0.3, -0.25) is 4.79 Å². The van der Waals surface area contributed by atoms with Crippen LogP contribution in [0.2, 0.25) is 0 Å². The number of nitrogens with zero attached hydrogens (tertiary/aromatic N) is 1. The second-order valence-electron chi connectivity index (χ2n) is 7.82. The van der Waals surface area contributed by atoms with Gasteiger partial charge < -0.3 is 15.0 Å². The van der Waals surface area contributed by atoms with Crippen molar-refractivity contribution >= 4 is 5.91 Å². The second-order valence-corrected chi connectivity index (χ2v) is 7.82. The second kappa shape index (κ2) is 5.82. The molecule has 1 aromatic carbocycles. The number of amides is 1. The normalized spacial score (nSPS) is 28.4. The van der Waals surface area contributed by atoms with E-state index in [0.29, 0.717) is 5.91 Å². The molecule has 4 nitrogen and oxygen atoms in total. The van der Waals surface area contributed by atoms with E-state index in [4.69, 9.17) is 4.74 Å². The number of rotatable bonds is 2. The van der Waals surface area contributed by atoms with Crippen LogP contribution in [0.3, 0.4) is 0 Å². The molecule has 1 amide bonds. The number of hydrogen-bond acceptors (Lipinski definition) is 3. The van der Waals surface area contributed by atoms with Crippen molar-refractivity contribution in [1.29, 1.82) is 0 Å². The van der Waals surface area contributed by atoms with Crippen LogP contribution in [0.15, 0.2) is 24.3 Å². The third-order valence-corrected chi connectivity index (χ3v) is 5.44. The zero-order valence-electron chi connectivity index (χ0n) is 14.7. The Morgan fingerprint density at radius 2 is 2.04 bits per heavy atom. The highest BCUT2D eigenvalue weighted by Gasteiger charge is 2.57. The fourth-order valence-electron chi connectivity index (χ4n) is 4.20. The van der Waals surface area contributed by atoms with Gasteiger partial charge in [-0.1, -0.05) is 18.2 Å². The van der Waals surface area contributed by atoms with Crippen molar-refractivity contribution in [3.05, 3.63) is 29.8 Å². The molecule has 0 aliphatic carbocycles. The molecule has 1 aromatic rings. The smallest absolute Gasteiger partial charge is 0.231 e. The minimum Gasteiger partial charge on any atom is -0.496 e. The van der Waals surface area contributed by atoms with Crippen LogP contribution in [0, 0.1) is 5.41 Å². The molecule has 2 saturated heterocycles. The lowest BCUT2D eigenvalue weighted by atomic mass is 9.69. The van der Waals surface area contributed by atoms with Crippen LogP contribution >= 0.6 is 0 Å². The molecule has 2 fully saturated rings. The van der Waals surface area contributed by atoms with Gasteiger partial charge in [0.15, 0.2) is 0 Å². The van der Waals surface area contributed by atoms with Crippen molar-refractivity contribution < 1.29 is 9.53 Å². The lowest BCUT2D eigenvalue weighted by Gasteiger charge is -2.38. The Morgan fingerprint density at radius 3 is 2.65 bits per heavy atom. The van der Waals surface area contributed by atoms with Crippen molar-refractivity contribution in [3.8, 4) is 5.75 Å². The SMILES string of the molecule is COc1ccccc1[C@@H]1CN(C(C)(C)C)C(=O)[C@]12CCCNC2.